The first-order chi connectivity index (χ1) is 6.74. The summed E-state index contributed by atoms with van der Waals surface area (Å²) in [7, 11) is 0. The van der Waals surface area contributed by atoms with Crippen LogP contribution in [0.2, 0.25) is 0 Å². The van der Waals surface area contributed by atoms with Gasteiger partial charge in [-0.25, -0.2) is 4.79 Å². The van der Waals surface area contributed by atoms with Gasteiger partial charge in [-0.05, 0) is 6.42 Å². The molecule has 1 aromatic rings. The van der Waals surface area contributed by atoms with Gasteiger partial charge >= 0.3 is 5.69 Å². The van der Waals surface area contributed by atoms with E-state index in [1.54, 1.807) is 0 Å². The van der Waals surface area contributed by atoms with E-state index in [2.05, 4.69) is 22.2 Å². The first-order valence-electron chi connectivity index (χ1n) is 4.80. The lowest BCUT2D eigenvalue weighted by atomic mass is 10.2. The average molecular weight is 197 g/mol. The fraction of sp³-hybridized carbons (Fsp3) is 0.556. The van der Waals surface area contributed by atoms with Crippen LogP contribution >= 0.6 is 0 Å². The highest BCUT2D eigenvalue weighted by Gasteiger charge is 2.05. The van der Waals surface area contributed by atoms with Crippen molar-refractivity contribution in [2.75, 3.05) is 6.54 Å². The number of carbonyl (C=O) groups excluding carboxylic acids is 1. The third-order valence-corrected chi connectivity index (χ3v) is 1.91. The zero-order chi connectivity index (χ0) is 10.4. The third kappa shape index (κ3) is 3.08. The summed E-state index contributed by atoms with van der Waals surface area (Å²) in [6.45, 7) is 2.76. The van der Waals surface area contributed by atoms with Gasteiger partial charge in [-0.15, -0.1) is 0 Å². The molecule has 1 amide bonds. The molecular formula is C9H15N3O2. The van der Waals surface area contributed by atoms with Crippen molar-refractivity contribution in [2.24, 2.45) is 0 Å². The van der Waals surface area contributed by atoms with E-state index in [9.17, 15) is 9.59 Å². The number of aromatic nitrogens is 2. The number of hydrogen-bond acceptors (Lipinski definition) is 2. The van der Waals surface area contributed by atoms with Crippen molar-refractivity contribution in [2.45, 2.75) is 26.2 Å². The van der Waals surface area contributed by atoms with E-state index in [1.807, 2.05) is 0 Å². The van der Waals surface area contributed by atoms with Gasteiger partial charge in [0.05, 0.1) is 0 Å². The Balaban J connectivity index is 2.32. The maximum Gasteiger partial charge on any atom is 0.323 e. The van der Waals surface area contributed by atoms with Crippen LogP contribution < -0.4 is 11.0 Å². The SMILES string of the molecule is CCCCCNC(=O)c1c[nH]c(=O)[nH]1. The second kappa shape index (κ2) is 5.26. The Kier molecular flexibility index (Phi) is 3.97. The molecule has 14 heavy (non-hydrogen) atoms. The van der Waals surface area contributed by atoms with Gasteiger partial charge in [0, 0.05) is 12.7 Å². The van der Waals surface area contributed by atoms with Crippen LogP contribution in [0, 0.1) is 0 Å². The molecule has 0 saturated carbocycles. The van der Waals surface area contributed by atoms with E-state index in [0.29, 0.717) is 6.54 Å². The van der Waals surface area contributed by atoms with Crippen LogP contribution in [0.4, 0.5) is 0 Å². The molecule has 0 aliphatic carbocycles. The molecule has 0 aliphatic heterocycles. The number of carbonyl (C=O) groups is 1. The Labute approximate surface area is 81.9 Å². The van der Waals surface area contributed by atoms with Crippen LogP contribution in [0.3, 0.4) is 0 Å². The molecule has 5 nitrogen and oxygen atoms in total. The number of hydrogen-bond donors (Lipinski definition) is 3. The zero-order valence-corrected chi connectivity index (χ0v) is 8.22. The predicted molar refractivity (Wildman–Crippen MR) is 53.3 cm³/mol. The summed E-state index contributed by atoms with van der Waals surface area (Å²) < 4.78 is 0. The third-order valence-electron chi connectivity index (χ3n) is 1.91. The smallest absolute Gasteiger partial charge is 0.323 e. The van der Waals surface area contributed by atoms with Crippen molar-refractivity contribution >= 4 is 5.91 Å². The number of nitrogens with one attached hydrogen (secondary N) is 3. The van der Waals surface area contributed by atoms with Gasteiger partial charge in [0.2, 0.25) is 0 Å². The lowest BCUT2D eigenvalue weighted by Crippen LogP contribution is -2.25. The molecule has 0 fully saturated rings. The van der Waals surface area contributed by atoms with Crippen LogP contribution in [0.5, 0.6) is 0 Å². The maximum atomic E-state index is 11.3. The van der Waals surface area contributed by atoms with E-state index in [-0.39, 0.29) is 17.3 Å². The van der Waals surface area contributed by atoms with Crippen molar-refractivity contribution in [3.8, 4) is 0 Å². The first kappa shape index (κ1) is 10.6. The second-order valence-corrected chi connectivity index (χ2v) is 3.12. The highest BCUT2D eigenvalue weighted by molar-refractivity contribution is 5.91. The van der Waals surface area contributed by atoms with Crippen molar-refractivity contribution in [1.82, 2.24) is 15.3 Å². The van der Waals surface area contributed by atoms with E-state index in [0.717, 1.165) is 19.3 Å². The van der Waals surface area contributed by atoms with Crippen LogP contribution in [0.15, 0.2) is 11.0 Å². The van der Waals surface area contributed by atoms with Crippen LogP contribution in [0.25, 0.3) is 0 Å². The maximum absolute atomic E-state index is 11.3. The van der Waals surface area contributed by atoms with Gasteiger partial charge in [0.25, 0.3) is 5.91 Å². The number of aromatic amines is 2. The van der Waals surface area contributed by atoms with Crippen molar-refractivity contribution in [3.63, 3.8) is 0 Å². The highest BCUT2D eigenvalue weighted by atomic mass is 16.2. The Morgan fingerprint density at radius 2 is 2.29 bits per heavy atom. The van der Waals surface area contributed by atoms with Crippen molar-refractivity contribution in [1.29, 1.82) is 0 Å². The van der Waals surface area contributed by atoms with Crippen molar-refractivity contribution in [3.05, 3.63) is 22.4 Å². The molecule has 0 spiro atoms. The summed E-state index contributed by atoms with van der Waals surface area (Å²) in [4.78, 5) is 26.8. The molecule has 0 bridgehead atoms. The number of amides is 1. The highest BCUT2D eigenvalue weighted by Crippen LogP contribution is 1.92. The molecule has 0 aromatic carbocycles. The molecule has 0 unspecified atom stereocenters. The van der Waals surface area contributed by atoms with Gasteiger partial charge < -0.3 is 15.3 Å². The predicted octanol–water partition coefficient (Wildman–Crippen LogP) is 0.623. The average Bonchev–Trinajstić information content (AvgIpc) is 2.59. The lowest BCUT2D eigenvalue weighted by Gasteiger charge is -2.01. The Hall–Kier alpha value is -1.52. The molecule has 1 aromatic heterocycles. The van der Waals surface area contributed by atoms with Crippen LogP contribution in [-0.4, -0.2) is 22.4 Å². The minimum atomic E-state index is -0.358. The van der Waals surface area contributed by atoms with E-state index >= 15 is 0 Å². The van der Waals surface area contributed by atoms with E-state index < -0.39 is 0 Å². The normalized spacial score (nSPS) is 10.1. The minimum Gasteiger partial charge on any atom is -0.351 e. The van der Waals surface area contributed by atoms with Gasteiger partial charge in [0.1, 0.15) is 5.69 Å². The standard InChI is InChI=1S/C9H15N3O2/c1-2-3-4-5-10-8(13)7-6-11-9(14)12-7/h6H,2-5H2,1H3,(H,10,13)(H2,11,12,14). The molecule has 0 aliphatic rings. The molecule has 5 heteroatoms. The Morgan fingerprint density at radius 1 is 1.50 bits per heavy atom. The zero-order valence-electron chi connectivity index (χ0n) is 8.22. The van der Waals surface area contributed by atoms with Crippen molar-refractivity contribution < 1.29 is 4.79 Å². The summed E-state index contributed by atoms with van der Waals surface area (Å²) in [5.74, 6) is -0.237. The summed E-state index contributed by atoms with van der Waals surface area (Å²) in [5, 5.41) is 2.72. The van der Waals surface area contributed by atoms with Gasteiger partial charge in [-0.2, -0.15) is 0 Å². The number of imidazole rings is 1. The fourth-order valence-corrected chi connectivity index (χ4v) is 1.13. The molecule has 78 valence electrons. The van der Waals surface area contributed by atoms with Gasteiger partial charge in [0.15, 0.2) is 0 Å². The van der Waals surface area contributed by atoms with Gasteiger partial charge in [-0.3, -0.25) is 4.79 Å². The molecule has 0 saturated heterocycles. The van der Waals surface area contributed by atoms with Crippen LogP contribution in [0.1, 0.15) is 36.7 Å². The summed E-state index contributed by atoms with van der Waals surface area (Å²) in [6, 6.07) is 0. The van der Waals surface area contributed by atoms with Crippen LogP contribution in [-0.2, 0) is 0 Å². The molecule has 3 N–H and O–H groups in total. The first-order valence-corrected chi connectivity index (χ1v) is 4.80. The molecule has 1 heterocycles. The second-order valence-electron chi connectivity index (χ2n) is 3.12. The lowest BCUT2D eigenvalue weighted by molar-refractivity contribution is 0.0948. The minimum absolute atomic E-state index is 0.237. The molecular weight excluding hydrogens is 182 g/mol. The Morgan fingerprint density at radius 3 is 2.86 bits per heavy atom. The number of rotatable bonds is 5. The number of unbranched alkanes of at least 4 members (excludes halogenated alkanes) is 2. The quantitative estimate of drug-likeness (QED) is 0.605. The van der Waals surface area contributed by atoms with E-state index in [4.69, 9.17) is 0 Å². The molecule has 1 rings (SSSR count). The monoisotopic (exact) mass is 197 g/mol. The summed E-state index contributed by atoms with van der Waals surface area (Å²) >= 11 is 0. The fourth-order valence-electron chi connectivity index (χ4n) is 1.13. The largest absolute Gasteiger partial charge is 0.351 e. The summed E-state index contributed by atoms with van der Waals surface area (Å²) in [6.07, 6.45) is 4.56. The summed E-state index contributed by atoms with van der Waals surface area (Å²) in [5.41, 5.74) is -0.0739. The molecule has 0 atom stereocenters. The topological polar surface area (TPSA) is 77.8 Å². The van der Waals surface area contributed by atoms with E-state index in [1.165, 1.54) is 6.20 Å². The number of H-pyrrole nitrogens is 2. The molecule has 0 radical (unpaired) electrons. The van der Waals surface area contributed by atoms with Gasteiger partial charge in [-0.1, -0.05) is 19.8 Å². The Bertz CT molecular complexity index is 340.